The summed E-state index contributed by atoms with van der Waals surface area (Å²) >= 11 is 2.36. The van der Waals surface area contributed by atoms with Crippen LogP contribution in [0.2, 0.25) is 0 Å². The molecule has 1 aromatic carbocycles. The van der Waals surface area contributed by atoms with Gasteiger partial charge >= 0.3 is 0 Å². The zero-order valence-electron chi connectivity index (χ0n) is 11.2. The molecule has 0 aliphatic carbocycles. The van der Waals surface area contributed by atoms with Crippen LogP contribution in [-0.4, -0.2) is 9.97 Å². The van der Waals surface area contributed by atoms with E-state index >= 15 is 0 Å². The molecule has 0 fully saturated rings. The van der Waals surface area contributed by atoms with E-state index in [-0.39, 0.29) is 11.4 Å². The topological polar surface area (TPSA) is 97.1 Å². The van der Waals surface area contributed by atoms with Crippen LogP contribution in [0, 0.1) is 39.8 Å². The van der Waals surface area contributed by atoms with Crippen LogP contribution in [0.1, 0.15) is 17.0 Å². The van der Waals surface area contributed by atoms with Gasteiger partial charge in [0.1, 0.15) is 34.1 Å². The maximum atomic E-state index is 13.4. The molecule has 0 spiro atoms. The number of nitrogens with zero attached hydrogens (tertiary/aromatic N) is 5. The Balaban J connectivity index is 2.09. The predicted octanol–water partition coefficient (Wildman–Crippen LogP) is 3.45. The van der Waals surface area contributed by atoms with Crippen molar-refractivity contribution in [3.8, 4) is 18.2 Å². The van der Waals surface area contributed by atoms with Gasteiger partial charge in [-0.3, -0.25) is 0 Å². The molecule has 0 saturated heterocycles. The van der Waals surface area contributed by atoms with Crippen molar-refractivity contribution in [3.05, 3.63) is 51.3 Å². The zero-order chi connectivity index (χ0) is 16.4. The fourth-order valence-electron chi connectivity index (χ4n) is 1.86. The number of fused-ring (bicyclic) bond motifs is 1. The second-order valence-electron chi connectivity index (χ2n) is 4.24. The number of halogens is 1. The number of nitriles is 3. The van der Waals surface area contributed by atoms with Gasteiger partial charge in [-0.2, -0.15) is 15.8 Å². The molecule has 23 heavy (non-hydrogen) atoms. The molecule has 0 radical (unpaired) electrons. The van der Waals surface area contributed by atoms with E-state index in [0.717, 1.165) is 0 Å². The number of benzene rings is 1. The van der Waals surface area contributed by atoms with Crippen molar-refractivity contribution in [3.63, 3.8) is 0 Å². The summed E-state index contributed by atoms with van der Waals surface area (Å²) in [5, 5.41) is 28.3. The fourth-order valence-corrected chi connectivity index (χ4v) is 4.18. The number of rotatable bonds is 1. The Morgan fingerprint density at radius 3 is 2.09 bits per heavy atom. The first kappa shape index (κ1) is 15.1. The van der Waals surface area contributed by atoms with Crippen molar-refractivity contribution in [2.75, 3.05) is 0 Å². The van der Waals surface area contributed by atoms with Crippen LogP contribution in [0.4, 0.5) is 4.39 Å². The highest BCUT2D eigenvalue weighted by Crippen LogP contribution is 2.52. The Labute approximate surface area is 139 Å². The Bertz CT molecular complexity index is 934. The summed E-state index contributed by atoms with van der Waals surface area (Å²) in [6.45, 7) is 0. The summed E-state index contributed by atoms with van der Waals surface area (Å²) in [5.41, 5.74) is 0.655. The maximum absolute atomic E-state index is 13.4. The maximum Gasteiger partial charge on any atom is 0.178 e. The van der Waals surface area contributed by atoms with Crippen molar-refractivity contribution in [1.29, 1.82) is 15.8 Å². The molecule has 2 heterocycles. The predicted molar refractivity (Wildman–Crippen MR) is 82.1 cm³/mol. The van der Waals surface area contributed by atoms with Gasteiger partial charge in [-0.05, 0) is 17.7 Å². The van der Waals surface area contributed by atoms with Crippen molar-refractivity contribution in [2.45, 2.75) is 10.1 Å². The standard InChI is InChI=1S/C15H4FN5S2/c16-9-3-1-2-8(4-9)10(5-17)15-22-13-14(23-15)21-12(7-19)11(6-18)20-13/h1-4H. The molecule has 3 rings (SSSR count). The fraction of sp³-hybridized carbons (Fsp3) is 0. The average Bonchev–Trinajstić information content (AvgIpc) is 2.96. The van der Waals surface area contributed by atoms with Crippen molar-refractivity contribution >= 4 is 29.1 Å². The molecule has 0 atom stereocenters. The van der Waals surface area contributed by atoms with Gasteiger partial charge in [0, 0.05) is 0 Å². The molecule has 0 saturated carbocycles. The molecule has 1 aliphatic heterocycles. The molecule has 5 nitrogen and oxygen atoms in total. The SMILES string of the molecule is N#CC(=C1Sc2nc(C#N)c(C#N)nc2S1)c1cccc(F)c1. The van der Waals surface area contributed by atoms with Gasteiger partial charge in [0.25, 0.3) is 0 Å². The van der Waals surface area contributed by atoms with E-state index in [9.17, 15) is 9.65 Å². The van der Waals surface area contributed by atoms with Gasteiger partial charge in [0.2, 0.25) is 0 Å². The molecule has 108 valence electrons. The lowest BCUT2D eigenvalue weighted by Gasteiger charge is -2.02. The van der Waals surface area contributed by atoms with Crippen LogP contribution in [0.15, 0.2) is 38.6 Å². The summed E-state index contributed by atoms with van der Waals surface area (Å²) < 4.78 is 14.0. The van der Waals surface area contributed by atoms with Crippen LogP contribution in [0.5, 0.6) is 0 Å². The van der Waals surface area contributed by atoms with E-state index in [1.165, 1.54) is 41.7 Å². The molecule has 0 amide bonds. The van der Waals surface area contributed by atoms with Crippen LogP contribution < -0.4 is 0 Å². The Hall–Kier alpha value is -2.86. The third-order valence-electron chi connectivity index (χ3n) is 2.85. The third kappa shape index (κ3) is 2.76. The first-order valence-electron chi connectivity index (χ1n) is 6.14. The highest BCUT2D eigenvalue weighted by molar-refractivity contribution is 8.24. The van der Waals surface area contributed by atoms with Crippen molar-refractivity contribution in [1.82, 2.24) is 9.97 Å². The number of hydrogen-bond acceptors (Lipinski definition) is 7. The Morgan fingerprint density at radius 1 is 1.00 bits per heavy atom. The molecule has 1 aromatic heterocycles. The van der Waals surface area contributed by atoms with Gasteiger partial charge in [-0.25, -0.2) is 14.4 Å². The number of thioether (sulfide) groups is 2. The molecular weight excluding hydrogens is 333 g/mol. The molecule has 8 heteroatoms. The third-order valence-corrected chi connectivity index (χ3v) is 5.22. The lowest BCUT2D eigenvalue weighted by Crippen LogP contribution is -1.96. The van der Waals surface area contributed by atoms with E-state index in [1.807, 2.05) is 12.1 Å². The Morgan fingerprint density at radius 2 is 1.61 bits per heavy atom. The first-order chi connectivity index (χ1) is 11.2. The van der Waals surface area contributed by atoms with E-state index in [2.05, 4.69) is 16.0 Å². The van der Waals surface area contributed by atoms with Crippen LogP contribution in [0.25, 0.3) is 5.57 Å². The molecule has 0 bridgehead atoms. The second-order valence-corrected chi connectivity index (χ2v) is 6.50. The number of allylic oxidation sites excluding steroid dienone is 1. The van der Waals surface area contributed by atoms with Gasteiger partial charge in [-0.1, -0.05) is 35.7 Å². The highest BCUT2D eigenvalue weighted by atomic mass is 32.2. The second kappa shape index (κ2) is 6.10. The zero-order valence-corrected chi connectivity index (χ0v) is 12.9. The molecule has 1 aliphatic rings. The van der Waals surface area contributed by atoms with Crippen LogP contribution in [-0.2, 0) is 0 Å². The van der Waals surface area contributed by atoms with Crippen LogP contribution in [0.3, 0.4) is 0 Å². The van der Waals surface area contributed by atoms with Gasteiger partial charge < -0.3 is 0 Å². The summed E-state index contributed by atoms with van der Waals surface area (Å²) in [4.78, 5) is 8.20. The first-order valence-corrected chi connectivity index (χ1v) is 7.78. The molecule has 0 unspecified atom stereocenters. The van der Waals surface area contributed by atoms with Gasteiger partial charge in [0.05, 0.1) is 9.81 Å². The summed E-state index contributed by atoms with van der Waals surface area (Å²) in [6.07, 6.45) is 0. The van der Waals surface area contributed by atoms with E-state index in [4.69, 9.17) is 10.5 Å². The normalized spacial score (nSPS) is 12.0. The lowest BCUT2D eigenvalue weighted by molar-refractivity contribution is 0.627. The summed E-state index contributed by atoms with van der Waals surface area (Å²) in [7, 11) is 0. The van der Waals surface area contributed by atoms with E-state index in [1.54, 1.807) is 6.07 Å². The highest BCUT2D eigenvalue weighted by Gasteiger charge is 2.27. The molecule has 2 aromatic rings. The van der Waals surface area contributed by atoms with Gasteiger partial charge in [-0.15, -0.1) is 0 Å². The summed E-state index contributed by atoms with van der Waals surface area (Å²) in [5.74, 6) is -0.434. The van der Waals surface area contributed by atoms with E-state index in [0.29, 0.717) is 25.4 Å². The monoisotopic (exact) mass is 337 g/mol. The smallest absolute Gasteiger partial charge is 0.178 e. The summed E-state index contributed by atoms with van der Waals surface area (Å²) in [6, 6.07) is 11.5. The Kier molecular flexibility index (Phi) is 3.99. The molecular formula is C15H4FN5S2. The minimum atomic E-state index is -0.434. The number of hydrogen-bond donors (Lipinski definition) is 0. The lowest BCUT2D eigenvalue weighted by atomic mass is 10.1. The number of aromatic nitrogens is 2. The molecule has 0 N–H and O–H groups in total. The quantitative estimate of drug-likeness (QED) is 0.735. The largest absolute Gasteiger partial charge is 0.224 e. The van der Waals surface area contributed by atoms with Crippen molar-refractivity contribution in [2.24, 2.45) is 0 Å². The minimum Gasteiger partial charge on any atom is -0.224 e. The van der Waals surface area contributed by atoms with Gasteiger partial charge in [0.15, 0.2) is 11.4 Å². The van der Waals surface area contributed by atoms with E-state index < -0.39 is 5.82 Å². The minimum absolute atomic E-state index is 0.0511. The average molecular weight is 337 g/mol. The van der Waals surface area contributed by atoms with Crippen molar-refractivity contribution < 1.29 is 4.39 Å². The van der Waals surface area contributed by atoms with Crippen LogP contribution >= 0.6 is 23.5 Å².